The van der Waals surface area contributed by atoms with Crippen LogP contribution >= 0.6 is 0 Å². The standard InChI is InChI=1S/C15H23N5O4/c1-3-8(4-2)19-13-10-14(17-6-16-13)20(7-18-10)15-12(23)11(22)9(5-21)24-15/h6-9,11-12,15,21-23H,3-5H2,1-2H3,(H,16,17,19)/t9-,11-,12-,15?/m1/s1. The quantitative estimate of drug-likeness (QED) is 0.582. The minimum atomic E-state index is -1.18. The molecule has 1 saturated heterocycles. The molecular weight excluding hydrogens is 314 g/mol. The van der Waals surface area contributed by atoms with Crippen LogP contribution in [-0.2, 0) is 4.74 Å². The molecule has 9 heteroatoms. The number of aliphatic hydroxyl groups excluding tert-OH is 3. The summed E-state index contributed by atoms with van der Waals surface area (Å²) in [7, 11) is 0. The molecule has 0 bridgehead atoms. The number of fused-ring (bicyclic) bond motifs is 1. The van der Waals surface area contributed by atoms with Gasteiger partial charge in [-0.2, -0.15) is 0 Å². The number of hydrogen-bond donors (Lipinski definition) is 4. The zero-order chi connectivity index (χ0) is 17.3. The second kappa shape index (κ2) is 6.98. The van der Waals surface area contributed by atoms with E-state index in [-0.39, 0.29) is 12.6 Å². The highest BCUT2D eigenvalue weighted by Crippen LogP contribution is 2.32. The molecule has 24 heavy (non-hydrogen) atoms. The summed E-state index contributed by atoms with van der Waals surface area (Å²) in [5.41, 5.74) is 1.07. The molecule has 4 N–H and O–H groups in total. The maximum atomic E-state index is 10.2. The van der Waals surface area contributed by atoms with Crippen molar-refractivity contribution in [3.05, 3.63) is 12.7 Å². The normalized spacial score (nSPS) is 27.2. The summed E-state index contributed by atoms with van der Waals surface area (Å²) in [5.74, 6) is 0.624. The van der Waals surface area contributed by atoms with Gasteiger partial charge < -0.3 is 25.4 Å². The number of aliphatic hydroxyl groups is 3. The molecule has 0 radical (unpaired) electrons. The van der Waals surface area contributed by atoms with Crippen molar-refractivity contribution >= 4 is 17.0 Å². The van der Waals surface area contributed by atoms with Crippen molar-refractivity contribution in [2.45, 2.75) is 57.3 Å². The van der Waals surface area contributed by atoms with Crippen molar-refractivity contribution in [3.8, 4) is 0 Å². The van der Waals surface area contributed by atoms with Crippen LogP contribution < -0.4 is 5.32 Å². The van der Waals surface area contributed by atoms with Crippen LogP contribution in [0.25, 0.3) is 11.2 Å². The summed E-state index contributed by atoms with van der Waals surface area (Å²) in [6.45, 7) is 3.81. The first-order valence-electron chi connectivity index (χ1n) is 8.17. The largest absolute Gasteiger partial charge is 0.394 e. The third-order valence-electron chi connectivity index (χ3n) is 4.48. The van der Waals surface area contributed by atoms with Crippen LogP contribution in [0.2, 0.25) is 0 Å². The Labute approximate surface area is 139 Å². The number of nitrogens with one attached hydrogen (secondary N) is 1. The molecule has 1 fully saturated rings. The van der Waals surface area contributed by atoms with Crippen molar-refractivity contribution in [1.82, 2.24) is 19.5 Å². The van der Waals surface area contributed by atoms with Gasteiger partial charge in [-0.05, 0) is 12.8 Å². The summed E-state index contributed by atoms with van der Waals surface area (Å²) in [6.07, 6.45) is 0.787. The average Bonchev–Trinajstić information content (AvgIpc) is 3.15. The molecular formula is C15H23N5O4. The fraction of sp³-hybridized carbons (Fsp3) is 0.667. The van der Waals surface area contributed by atoms with Crippen molar-refractivity contribution < 1.29 is 20.1 Å². The highest BCUT2D eigenvalue weighted by Gasteiger charge is 2.44. The fourth-order valence-electron chi connectivity index (χ4n) is 2.94. The molecule has 1 unspecified atom stereocenters. The van der Waals surface area contributed by atoms with E-state index in [2.05, 4.69) is 34.1 Å². The van der Waals surface area contributed by atoms with Crippen molar-refractivity contribution in [3.63, 3.8) is 0 Å². The van der Waals surface area contributed by atoms with Crippen LogP contribution in [0.3, 0.4) is 0 Å². The Balaban J connectivity index is 1.94. The van der Waals surface area contributed by atoms with Crippen LogP contribution in [0.4, 0.5) is 5.82 Å². The summed E-state index contributed by atoms with van der Waals surface area (Å²) < 4.78 is 7.10. The van der Waals surface area contributed by atoms with Gasteiger partial charge >= 0.3 is 0 Å². The first-order chi connectivity index (χ1) is 11.6. The zero-order valence-corrected chi connectivity index (χ0v) is 13.7. The third kappa shape index (κ3) is 2.84. The topological polar surface area (TPSA) is 126 Å². The molecule has 0 aliphatic carbocycles. The predicted molar refractivity (Wildman–Crippen MR) is 86.3 cm³/mol. The highest BCUT2D eigenvalue weighted by atomic mass is 16.6. The Hall–Kier alpha value is -1.81. The van der Waals surface area contributed by atoms with Crippen molar-refractivity contribution in [2.75, 3.05) is 11.9 Å². The fourth-order valence-corrected chi connectivity index (χ4v) is 2.94. The molecule has 0 aromatic carbocycles. The lowest BCUT2D eigenvalue weighted by molar-refractivity contribution is -0.0511. The van der Waals surface area contributed by atoms with E-state index in [1.165, 1.54) is 12.7 Å². The second-order valence-electron chi connectivity index (χ2n) is 5.93. The lowest BCUT2D eigenvalue weighted by Crippen LogP contribution is -2.33. The summed E-state index contributed by atoms with van der Waals surface area (Å²) in [4.78, 5) is 12.8. The number of ether oxygens (including phenoxy) is 1. The van der Waals surface area contributed by atoms with Gasteiger partial charge in [-0.3, -0.25) is 4.57 Å². The average molecular weight is 337 g/mol. The minimum absolute atomic E-state index is 0.280. The second-order valence-corrected chi connectivity index (χ2v) is 5.93. The first kappa shape index (κ1) is 17.0. The molecule has 132 valence electrons. The van der Waals surface area contributed by atoms with E-state index >= 15 is 0 Å². The summed E-state index contributed by atoms with van der Waals surface area (Å²) in [5, 5.41) is 32.7. The van der Waals surface area contributed by atoms with Gasteiger partial charge in [0.1, 0.15) is 24.6 Å². The van der Waals surface area contributed by atoms with E-state index in [9.17, 15) is 15.3 Å². The number of rotatable bonds is 6. The Morgan fingerprint density at radius 2 is 1.96 bits per heavy atom. The Bertz CT molecular complexity index is 690. The van der Waals surface area contributed by atoms with Gasteiger partial charge in [0, 0.05) is 6.04 Å². The minimum Gasteiger partial charge on any atom is -0.394 e. The maximum Gasteiger partial charge on any atom is 0.167 e. The Morgan fingerprint density at radius 3 is 2.58 bits per heavy atom. The van der Waals surface area contributed by atoms with Crippen molar-refractivity contribution in [2.24, 2.45) is 0 Å². The molecule has 4 atom stereocenters. The van der Waals surface area contributed by atoms with Crippen LogP contribution in [0.5, 0.6) is 0 Å². The molecule has 2 aromatic rings. The molecule has 0 saturated carbocycles. The Morgan fingerprint density at radius 1 is 1.21 bits per heavy atom. The van der Waals surface area contributed by atoms with Gasteiger partial charge in [0.2, 0.25) is 0 Å². The van der Waals surface area contributed by atoms with E-state index in [1.807, 2.05) is 0 Å². The van der Waals surface area contributed by atoms with Crippen molar-refractivity contribution in [1.29, 1.82) is 0 Å². The molecule has 2 aromatic heterocycles. The number of anilines is 1. The van der Waals surface area contributed by atoms with Crippen LogP contribution in [0.1, 0.15) is 32.9 Å². The molecule has 1 aliphatic heterocycles. The van der Waals surface area contributed by atoms with Gasteiger partial charge in [0.25, 0.3) is 0 Å². The number of nitrogens with zero attached hydrogens (tertiary/aromatic N) is 4. The molecule has 3 rings (SSSR count). The smallest absolute Gasteiger partial charge is 0.167 e. The Kier molecular flexibility index (Phi) is 4.95. The van der Waals surface area contributed by atoms with E-state index in [1.54, 1.807) is 4.57 Å². The van der Waals surface area contributed by atoms with Gasteiger partial charge in [0.05, 0.1) is 12.9 Å². The van der Waals surface area contributed by atoms with Gasteiger partial charge in [-0.15, -0.1) is 0 Å². The van der Waals surface area contributed by atoms with E-state index in [4.69, 9.17) is 4.74 Å². The molecule has 3 heterocycles. The lowest BCUT2D eigenvalue weighted by Gasteiger charge is -2.17. The number of hydrogen-bond acceptors (Lipinski definition) is 8. The van der Waals surface area contributed by atoms with Crippen LogP contribution in [-0.4, -0.2) is 65.8 Å². The molecule has 0 amide bonds. The van der Waals surface area contributed by atoms with E-state index < -0.39 is 24.5 Å². The van der Waals surface area contributed by atoms with E-state index in [0.717, 1.165) is 12.8 Å². The summed E-state index contributed by atoms with van der Waals surface area (Å²) in [6, 6.07) is 0.280. The van der Waals surface area contributed by atoms with E-state index in [0.29, 0.717) is 17.0 Å². The first-order valence-corrected chi connectivity index (χ1v) is 8.17. The summed E-state index contributed by atoms with van der Waals surface area (Å²) >= 11 is 0. The van der Waals surface area contributed by atoms with Crippen LogP contribution in [0, 0.1) is 0 Å². The molecule has 1 aliphatic rings. The highest BCUT2D eigenvalue weighted by molar-refractivity contribution is 5.82. The number of imidazole rings is 1. The third-order valence-corrected chi connectivity index (χ3v) is 4.48. The van der Waals surface area contributed by atoms with Gasteiger partial charge in [0.15, 0.2) is 23.2 Å². The number of aromatic nitrogens is 4. The van der Waals surface area contributed by atoms with Gasteiger partial charge in [-0.25, -0.2) is 15.0 Å². The maximum absolute atomic E-state index is 10.2. The zero-order valence-electron chi connectivity index (χ0n) is 13.7. The predicted octanol–water partition coefficient (Wildman–Crippen LogP) is 0.0383. The monoisotopic (exact) mass is 337 g/mol. The SMILES string of the molecule is CCC(CC)Nc1ncnc2c1ncn2C1O[C@H](CO)[C@@H](O)[C@H]1O. The van der Waals surface area contributed by atoms with Gasteiger partial charge in [-0.1, -0.05) is 13.8 Å². The molecule has 9 nitrogen and oxygen atoms in total. The van der Waals surface area contributed by atoms with Crippen LogP contribution in [0.15, 0.2) is 12.7 Å². The lowest BCUT2D eigenvalue weighted by atomic mass is 10.1. The molecule has 0 spiro atoms.